The van der Waals surface area contributed by atoms with Crippen LogP contribution >= 0.6 is 27.5 Å². The van der Waals surface area contributed by atoms with Gasteiger partial charge in [0.05, 0.1) is 10.7 Å². The number of hydrogen-bond donors (Lipinski definition) is 0. The molecule has 0 unspecified atom stereocenters. The predicted octanol–water partition coefficient (Wildman–Crippen LogP) is 4.51. The first-order chi connectivity index (χ1) is 8.19. The van der Waals surface area contributed by atoms with Crippen LogP contribution in [0.15, 0.2) is 41.1 Å². The lowest BCUT2D eigenvalue weighted by Crippen LogP contribution is -1.89. The van der Waals surface area contributed by atoms with Gasteiger partial charge in [0.2, 0.25) is 0 Å². The molecule has 0 spiro atoms. The summed E-state index contributed by atoms with van der Waals surface area (Å²) in [6.45, 7) is 0. The van der Waals surface area contributed by atoms with E-state index in [1.165, 1.54) is 12.1 Å². The molecule has 0 aliphatic heterocycles. The fourth-order valence-corrected chi connectivity index (χ4v) is 1.86. The van der Waals surface area contributed by atoms with Crippen LogP contribution in [-0.2, 0) is 5.88 Å². The van der Waals surface area contributed by atoms with Crippen molar-refractivity contribution in [3.8, 4) is 11.5 Å². The molecular weight excluding hydrogens is 308 g/mol. The van der Waals surface area contributed by atoms with E-state index in [-0.39, 0.29) is 5.82 Å². The Kier molecular flexibility index (Phi) is 3.97. The molecule has 0 aliphatic carbocycles. The quantitative estimate of drug-likeness (QED) is 0.777. The second kappa shape index (κ2) is 5.47. The zero-order valence-corrected chi connectivity index (χ0v) is 11.0. The van der Waals surface area contributed by atoms with Crippen molar-refractivity contribution in [2.75, 3.05) is 0 Å². The van der Waals surface area contributed by atoms with Crippen LogP contribution in [0.1, 0.15) is 5.56 Å². The number of nitrogens with zero attached hydrogens (tertiary/aromatic N) is 1. The van der Waals surface area contributed by atoms with Gasteiger partial charge in [-0.15, -0.1) is 11.6 Å². The summed E-state index contributed by atoms with van der Waals surface area (Å²) >= 11 is 8.93. The normalized spacial score (nSPS) is 10.3. The summed E-state index contributed by atoms with van der Waals surface area (Å²) in [4.78, 5) is 4.00. The molecule has 0 radical (unpaired) electrons. The molecule has 0 saturated carbocycles. The van der Waals surface area contributed by atoms with E-state index in [0.29, 0.717) is 21.9 Å². The first-order valence-corrected chi connectivity index (χ1v) is 6.14. The molecule has 0 amide bonds. The Morgan fingerprint density at radius 2 is 2.12 bits per heavy atom. The van der Waals surface area contributed by atoms with E-state index in [2.05, 4.69) is 20.9 Å². The zero-order valence-electron chi connectivity index (χ0n) is 8.66. The molecule has 2 aromatic rings. The van der Waals surface area contributed by atoms with Gasteiger partial charge in [-0.3, -0.25) is 4.98 Å². The van der Waals surface area contributed by atoms with Gasteiger partial charge in [0.25, 0.3) is 0 Å². The van der Waals surface area contributed by atoms with Crippen molar-refractivity contribution in [3.63, 3.8) is 0 Å². The monoisotopic (exact) mass is 315 g/mol. The van der Waals surface area contributed by atoms with Crippen molar-refractivity contribution in [2.24, 2.45) is 0 Å². The lowest BCUT2D eigenvalue weighted by atomic mass is 10.3. The lowest BCUT2D eigenvalue weighted by molar-refractivity contribution is 0.474. The number of hydrogen-bond acceptors (Lipinski definition) is 2. The highest BCUT2D eigenvalue weighted by Crippen LogP contribution is 2.30. The molecule has 2 rings (SSSR count). The highest BCUT2D eigenvalue weighted by atomic mass is 79.9. The van der Waals surface area contributed by atoms with Gasteiger partial charge in [-0.2, -0.15) is 0 Å². The molecule has 0 saturated heterocycles. The van der Waals surface area contributed by atoms with Crippen LogP contribution in [0.4, 0.5) is 4.39 Å². The first-order valence-electron chi connectivity index (χ1n) is 4.82. The van der Waals surface area contributed by atoms with Crippen molar-refractivity contribution in [2.45, 2.75) is 5.88 Å². The molecule has 1 heterocycles. The molecule has 5 heteroatoms. The number of halogens is 3. The Morgan fingerprint density at radius 1 is 1.29 bits per heavy atom. The predicted molar refractivity (Wildman–Crippen MR) is 68.0 cm³/mol. The number of alkyl halides is 1. The van der Waals surface area contributed by atoms with E-state index in [4.69, 9.17) is 16.3 Å². The van der Waals surface area contributed by atoms with E-state index in [1.807, 2.05) is 0 Å². The molecule has 2 nitrogen and oxygen atoms in total. The van der Waals surface area contributed by atoms with E-state index in [1.54, 1.807) is 24.5 Å². The van der Waals surface area contributed by atoms with Crippen LogP contribution in [0.25, 0.3) is 0 Å². The average Bonchev–Trinajstić information content (AvgIpc) is 2.33. The van der Waals surface area contributed by atoms with Gasteiger partial charge in [-0.1, -0.05) is 0 Å². The van der Waals surface area contributed by atoms with Crippen LogP contribution < -0.4 is 4.74 Å². The average molecular weight is 317 g/mol. The second-order valence-corrected chi connectivity index (χ2v) is 4.46. The SMILES string of the molecule is Fc1ccc(Oc2cncc(CCl)c2)c(Br)c1. The number of rotatable bonds is 3. The fraction of sp³-hybridized carbons (Fsp3) is 0.0833. The summed E-state index contributed by atoms with van der Waals surface area (Å²) in [6.07, 6.45) is 3.24. The Bertz CT molecular complexity index is 536. The van der Waals surface area contributed by atoms with Crippen LogP contribution in [-0.4, -0.2) is 4.98 Å². The Hall–Kier alpha value is -1.13. The van der Waals surface area contributed by atoms with Gasteiger partial charge < -0.3 is 4.74 Å². The van der Waals surface area contributed by atoms with Crippen molar-refractivity contribution < 1.29 is 9.13 Å². The Morgan fingerprint density at radius 3 is 2.82 bits per heavy atom. The standard InChI is InChI=1S/C12H8BrClFNO/c13-11-4-9(15)1-2-12(11)17-10-3-8(5-14)6-16-7-10/h1-4,6-7H,5H2. The van der Waals surface area contributed by atoms with Gasteiger partial charge >= 0.3 is 0 Å². The van der Waals surface area contributed by atoms with Crippen LogP contribution in [0, 0.1) is 5.82 Å². The Labute approximate surface area is 112 Å². The molecular formula is C12H8BrClFNO. The summed E-state index contributed by atoms with van der Waals surface area (Å²) in [5.41, 5.74) is 0.863. The molecule has 0 fully saturated rings. The third-order valence-corrected chi connectivity index (χ3v) is 2.97. The van der Waals surface area contributed by atoms with Crippen LogP contribution in [0.3, 0.4) is 0 Å². The number of pyridine rings is 1. The molecule has 0 N–H and O–H groups in total. The molecule has 1 aromatic carbocycles. The first kappa shape index (κ1) is 12.3. The highest BCUT2D eigenvalue weighted by molar-refractivity contribution is 9.10. The topological polar surface area (TPSA) is 22.1 Å². The summed E-state index contributed by atoms with van der Waals surface area (Å²) in [5.74, 6) is 1.14. The molecule has 88 valence electrons. The van der Waals surface area contributed by atoms with Gasteiger partial charge in [0.1, 0.15) is 17.3 Å². The molecule has 0 bridgehead atoms. The van der Waals surface area contributed by atoms with Crippen molar-refractivity contribution in [1.82, 2.24) is 4.98 Å². The zero-order chi connectivity index (χ0) is 12.3. The molecule has 0 aliphatic rings. The maximum Gasteiger partial charge on any atom is 0.146 e. The minimum Gasteiger partial charge on any atom is -0.455 e. The highest BCUT2D eigenvalue weighted by Gasteiger charge is 2.05. The van der Waals surface area contributed by atoms with E-state index in [0.717, 1.165) is 5.56 Å². The third kappa shape index (κ3) is 3.17. The molecule has 1 aromatic heterocycles. The fourth-order valence-electron chi connectivity index (χ4n) is 1.28. The lowest BCUT2D eigenvalue weighted by Gasteiger charge is -2.08. The van der Waals surface area contributed by atoms with E-state index in [9.17, 15) is 4.39 Å². The van der Waals surface area contributed by atoms with Gasteiger partial charge in [-0.05, 0) is 45.8 Å². The third-order valence-electron chi connectivity index (χ3n) is 2.05. The van der Waals surface area contributed by atoms with Gasteiger partial charge in [0.15, 0.2) is 0 Å². The smallest absolute Gasteiger partial charge is 0.146 e. The Balaban J connectivity index is 2.25. The number of benzene rings is 1. The second-order valence-electron chi connectivity index (χ2n) is 3.34. The minimum absolute atomic E-state index is 0.322. The minimum atomic E-state index is -0.322. The summed E-state index contributed by atoms with van der Waals surface area (Å²) in [6, 6.07) is 6.01. The van der Waals surface area contributed by atoms with Crippen molar-refractivity contribution in [1.29, 1.82) is 0 Å². The molecule has 17 heavy (non-hydrogen) atoms. The van der Waals surface area contributed by atoms with Gasteiger partial charge in [0, 0.05) is 12.1 Å². The summed E-state index contributed by atoms with van der Waals surface area (Å²) in [5, 5.41) is 0. The van der Waals surface area contributed by atoms with Crippen molar-refractivity contribution >= 4 is 27.5 Å². The van der Waals surface area contributed by atoms with E-state index >= 15 is 0 Å². The van der Waals surface area contributed by atoms with Gasteiger partial charge in [-0.25, -0.2) is 4.39 Å². The van der Waals surface area contributed by atoms with Crippen molar-refractivity contribution in [3.05, 3.63) is 52.5 Å². The number of ether oxygens (including phenoxy) is 1. The largest absolute Gasteiger partial charge is 0.455 e. The van der Waals surface area contributed by atoms with Crippen LogP contribution in [0.2, 0.25) is 0 Å². The summed E-state index contributed by atoms with van der Waals surface area (Å²) < 4.78 is 19.0. The maximum absolute atomic E-state index is 12.9. The molecule has 0 atom stereocenters. The van der Waals surface area contributed by atoms with E-state index < -0.39 is 0 Å². The number of aromatic nitrogens is 1. The summed E-state index contributed by atoms with van der Waals surface area (Å²) in [7, 11) is 0. The van der Waals surface area contributed by atoms with Crippen LogP contribution in [0.5, 0.6) is 11.5 Å². The maximum atomic E-state index is 12.9.